The van der Waals surface area contributed by atoms with Gasteiger partial charge in [-0.25, -0.2) is 28.8 Å². The summed E-state index contributed by atoms with van der Waals surface area (Å²) in [7, 11) is 0. The molecule has 6 aliphatic heterocycles. The first-order valence-electron chi connectivity index (χ1n) is 56.8. The lowest BCUT2D eigenvalue weighted by atomic mass is 10.00. The zero-order valence-electron chi connectivity index (χ0n) is 94.8. The van der Waals surface area contributed by atoms with Crippen LogP contribution in [0.15, 0.2) is 109 Å². The van der Waals surface area contributed by atoms with Crippen LogP contribution in [0, 0.1) is 35.5 Å². The number of likely N-dealkylation sites (tertiary alicyclic amines) is 6. The Balaban J connectivity index is 0.000000243. The number of carbonyl (C=O) groups is 6. The molecule has 30 nitrogen and oxygen atoms in total. The number of carbonyl (C=O) groups excluding carboxylic acids is 6. The minimum Gasteiger partial charge on any atom is -0.493 e. The van der Waals surface area contributed by atoms with E-state index >= 15 is 0 Å². The van der Waals surface area contributed by atoms with Crippen molar-refractivity contribution in [2.75, 3.05) is 192 Å². The van der Waals surface area contributed by atoms with Crippen LogP contribution in [0.2, 0.25) is 0 Å². The normalized spacial score (nSPS) is 16.6. The Kier molecular flexibility index (Phi) is 58.9. The molecule has 6 heterocycles. The molecule has 0 saturated carbocycles. The van der Waals surface area contributed by atoms with Crippen molar-refractivity contribution in [2.24, 2.45) is 35.5 Å². The lowest BCUT2D eigenvalue weighted by molar-refractivity contribution is 0.0223. The van der Waals surface area contributed by atoms with Gasteiger partial charge in [0.1, 0.15) is 90.8 Å². The fraction of sp³-hybridized carbons (Fsp3) is 0.650. The Labute approximate surface area is 899 Å². The maximum absolute atomic E-state index is 12.7. The van der Waals surface area contributed by atoms with E-state index in [2.05, 4.69) is 126 Å². The summed E-state index contributed by atoms with van der Waals surface area (Å²) in [6.45, 7) is 57.2. The number of nitrogen functional groups attached to an aromatic ring is 6. The average Bonchev–Trinajstić information content (AvgIpc) is 0.835. The molecule has 0 aliphatic carbocycles. The van der Waals surface area contributed by atoms with E-state index in [0.717, 1.165) is 117 Å². The Hall–Kier alpha value is -10.5. The van der Waals surface area contributed by atoms with Crippen LogP contribution in [0.3, 0.4) is 0 Å². The zero-order chi connectivity index (χ0) is 109. The average molecular weight is 2090 g/mol. The molecular weight excluding hydrogens is 1900 g/mol. The van der Waals surface area contributed by atoms with Crippen molar-refractivity contribution in [3.05, 3.63) is 143 Å². The largest absolute Gasteiger partial charge is 0.493 e. The zero-order valence-corrected chi connectivity index (χ0v) is 94.8. The number of anilines is 6. The number of ether oxygens (including phenoxy) is 12. The minimum absolute atomic E-state index is 0.262. The third-order valence-corrected chi connectivity index (χ3v) is 28.5. The van der Waals surface area contributed by atoms with E-state index in [4.69, 9.17) is 91.2 Å². The second-order valence-corrected chi connectivity index (χ2v) is 42.5. The molecule has 6 aromatic rings. The van der Waals surface area contributed by atoms with Crippen molar-refractivity contribution in [3.63, 3.8) is 0 Å². The molecule has 0 bridgehead atoms. The summed E-state index contributed by atoms with van der Waals surface area (Å²) >= 11 is 0. The van der Waals surface area contributed by atoms with Gasteiger partial charge in [-0.1, -0.05) is 162 Å². The first-order valence-corrected chi connectivity index (χ1v) is 56.8. The molecule has 6 aliphatic rings. The maximum atomic E-state index is 12.7. The molecule has 12 rings (SSSR count). The number of esters is 6. The van der Waals surface area contributed by atoms with Crippen LogP contribution in [0.1, 0.15) is 341 Å². The molecule has 6 aromatic carbocycles. The van der Waals surface area contributed by atoms with Gasteiger partial charge in [-0.05, 0) is 322 Å². The highest BCUT2D eigenvalue weighted by molar-refractivity contribution is 5.95. The lowest BCUT2D eigenvalue weighted by Crippen LogP contribution is -2.45. The van der Waals surface area contributed by atoms with Gasteiger partial charge in [-0.2, -0.15) is 0 Å². The molecule has 150 heavy (non-hydrogen) atoms. The number of piperidine rings is 6. The van der Waals surface area contributed by atoms with Crippen LogP contribution in [0.4, 0.5) is 34.1 Å². The van der Waals surface area contributed by atoms with E-state index in [1.807, 2.05) is 27.7 Å². The van der Waals surface area contributed by atoms with Crippen LogP contribution in [0.5, 0.6) is 34.5 Å². The number of rotatable bonds is 48. The number of benzene rings is 6. The molecular formula is C120H192N12O18. The fourth-order valence-corrected chi connectivity index (χ4v) is 19.5. The summed E-state index contributed by atoms with van der Waals surface area (Å²) in [6, 6.07) is 32.1. The molecule has 30 heteroatoms. The minimum atomic E-state index is -0.346. The summed E-state index contributed by atoms with van der Waals surface area (Å²) in [4.78, 5) is 89.8. The molecule has 6 fully saturated rings. The molecule has 0 radical (unpaired) electrons. The van der Waals surface area contributed by atoms with Crippen molar-refractivity contribution >= 4 is 69.9 Å². The number of hydrogen-bond acceptors (Lipinski definition) is 30. The van der Waals surface area contributed by atoms with E-state index in [1.54, 1.807) is 109 Å². The van der Waals surface area contributed by atoms with E-state index < -0.39 is 0 Å². The van der Waals surface area contributed by atoms with Gasteiger partial charge in [0, 0.05) is 71.5 Å². The van der Waals surface area contributed by atoms with Crippen molar-refractivity contribution < 1.29 is 85.6 Å². The predicted molar refractivity (Wildman–Crippen MR) is 606 cm³/mol. The highest BCUT2D eigenvalue weighted by Crippen LogP contribution is 2.34. The molecule has 12 N–H and O–H groups in total. The standard InChI is InChI=1S/2C21H34N2O3.2C20H32N2O3.2C19H30N2O3/c1-4-5-13-25-20-14-17(22)9-10-18(20)21(24)26-15-19(16(2)3)23-11-7-6-8-12-23;1-4-5-13-25-20-14-17(9-10-18(20)22)21(24)26-15-19(16(2)3)23-11-7-6-8-12-23;1-4-12-24-19-13-16(21)8-9-17(19)20(23)25-14-18(15(2)3)22-10-6-5-7-11-22;1-4-12-24-19-13-16(8-9-17(19)21)20(23)25-14-18(15(2)3)22-10-6-5-7-11-22;1-4-23-18-12-15(20)8-9-16(18)19(22)24-13-17(14(2)3)21-10-6-5-7-11-21;1-4-23-18-12-15(8-9-16(18)20)19(22)24-13-17(14(2)3)21-10-6-5-7-11-21/h2*9-10,14,16,19H,4-8,11-13,15,22H2,1-3H3;2*8-9,13,15,18H,4-7,10-12,14,21H2,1-3H3;2*8-9,12,14,17H,4-7,10-11,13,20H2,1-3H3/t2*19-;2*18-;2*17-/m111111/s1. The van der Waals surface area contributed by atoms with Gasteiger partial charge in [0.2, 0.25) is 0 Å². The summed E-state index contributed by atoms with van der Waals surface area (Å²) in [5.74, 6) is 3.83. The van der Waals surface area contributed by atoms with E-state index in [1.165, 1.54) is 116 Å². The van der Waals surface area contributed by atoms with Gasteiger partial charge >= 0.3 is 35.8 Å². The van der Waals surface area contributed by atoms with Gasteiger partial charge in [0.25, 0.3) is 0 Å². The molecule has 6 atom stereocenters. The highest BCUT2D eigenvalue weighted by Gasteiger charge is 2.34. The van der Waals surface area contributed by atoms with Crippen LogP contribution in [-0.2, 0) is 28.4 Å². The van der Waals surface area contributed by atoms with Gasteiger partial charge in [0.15, 0.2) is 0 Å². The summed E-state index contributed by atoms with van der Waals surface area (Å²) < 4.78 is 67.5. The van der Waals surface area contributed by atoms with Crippen LogP contribution >= 0.6 is 0 Å². The maximum Gasteiger partial charge on any atom is 0.341 e. The first-order chi connectivity index (χ1) is 72.1. The Bertz CT molecular complexity index is 4870. The van der Waals surface area contributed by atoms with Gasteiger partial charge in [0.05, 0.1) is 73.4 Å². The van der Waals surface area contributed by atoms with Crippen molar-refractivity contribution in [1.29, 1.82) is 0 Å². The third kappa shape index (κ3) is 43.9. The third-order valence-electron chi connectivity index (χ3n) is 28.5. The first kappa shape index (κ1) is 126. The quantitative estimate of drug-likeness (QED) is 0.00894. The van der Waals surface area contributed by atoms with E-state index in [9.17, 15) is 28.8 Å². The summed E-state index contributed by atoms with van der Waals surface area (Å²) in [5, 5.41) is 0. The predicted octanol–water partition coefficient (Wildman–Crippen LogP) is 22.3. The summed E-state index contributed by atoms with van der Waals surface area (Å²) in [5.41, 5.74) is 41.3. The molecule has 0 aromatic heterocycles. The smallest absolute Gasteiger partial charge is 0.341 e. The second-order valence-electron chi connectivity index (χ2n) is 42.5. The van der Waals surface area contributed by atoms with Crippen molar-refractivity contribution in [3.8, 4) is 34.5 Å². The number of nitrogens with zero attached hydrogens (tertiary/aromatic N) is 6. The van der Waals surface area contributed by atoms with Crippen LogP contribution < -0.4 is 62.8 Å². The number of unbranched alkanes of at least 4 members (excludes halogenated alkanes) is 2. The van der Waals surface area contributed by atoms with Crippen molar-refractivity contribution in [2.45, 2.75) is 315 Å². The van der Waals surface area contributed by atoms with E-state index in [-0.39, 0.29) is 72.1 Å². The van der Waals surface area contributed by atoms with Crippen LogP contribution in [0.25, 0.3) is 0 Å². The lowest BCUT2D eigenvalue weighted by Gasteiger charge is -2.36. The second kappa shape index (κ2) is 69.9. The Morgan fingerprint density at radius 3 is 0.653 bits per heavy atom. The molecule has 0 unspecified atom stereocenters. The van der Waals surface area contributed by atoms with Crippen LogP contribution in [-0.4, -0.2) is 259 Å². The van der Waals surface area contributed by atoms with Gasteiger partial charge in [-0.3, -0.25) is 29.4 Å². The fourth-order valence-electron chi connectivity index (χ4n) is 19.5. The Morgan fingerprint density at radius 2 is 0.433 bits per heavy atom. The summed E-state index contributed by atoms with van der Waals surface area (Å²) in [6.07, 6.45) is 28.3. The molecule has 840 valence electrons. The molecule has 0 spiro atoms. The Morgan fingerprint density at radius 1 is 0.233 bits per heavy atom. The number of hydrogen-bond donors (Lipinski definition) is 6. The number of nitrogens with two attached hydrogens (primary N) is 6. The molecule has 6 saturated heterocycles. The topological polar surface area (TPSA) is 389 Å². The van der Waals surface area contributed by atoms with Gasteiger partial charge in [-0.15, -0.1) is 0 Å². The molecule has 0 amide bonds. The highest BCUT2D eigenvalue weighted by atomic mass is 16.6. The monoisotopic (exact) mass is 2090 g/mol. The van der Waals surface area contributed by atoms with E-state index in [0.29, 0.717) is 217 Å². The van der Waals surface area contributed by atoms with Gasteiger partial charge < -0.3 is 91.2 Å². The van der Waals surface area contributed by atoms with Crippen molar-refractivity contribution in [1.82, 2.24) is 29.4 Å². The SMILES string of the molecule is CCCCOc1cc(C(=O)OC[C@H](C(C)C)N2CCCCC2)ccc1N.CCCCOc1cc(N)ccc1C(=O)OC[C@H](C(C)C)N1CCCCC1.CCCOc1cc(C(=O)OC[C@H](C(C)C)N2CCCCC2)ccc1N.CCCOc1cc(N)ccc1C(=O)OC[C@H](C(C)C)N1CCCCC1.CCOc1cc(C(=O)OC[C@H](C(C)C)N2CCCCC2)ccc1N.CCOc1cc(N)ccc1C(=O)OC[C@H](C(C)C)N1CCCCC1.